The maximum Gasteiger partial charge on any atom is 0.411 e. The van der Waals surface area contributed by atoms with Crippen molar-refractivity contribution in [3.8, 4) is 0 Å². The average molecular weight is 338 g/mol. The van der Waals surface area contributed by atoms with Crippen molar-refractivity contribution >= 4 is 5.78 Å². The summed E-state index contributed by atoms with van der Waals surface area (Å²) in [6.07, 6.45) is -5.36. The van der Waals surface area contributed by atoms with Crippen LogP contribution in [0.25, 0.3) is 0 Å². The van der Waals surface area contributed by atoms with E-state index >= 15 is 0 Å². The number of hydrogen-bond acceptors (Lipinski definition) is 5. The van der Waals surface area contributed by atoms with Gasteiger partial charge in [-0.05, 0) is 25.5 Å². The lowest BCUT2D eigenvalue weighted by molar-refractivity contribution is -0.174. The maximum atomic E-state index is 12.3. The Balaban J connectivity index is 1.71. The van der Waals surface area contributed by atoms with Gasteiger partial charge in [-0.15, -0.1) is 0 Å². The number of rotatable bonds is 6. The Hall–Kier alpha value is -0.960. The van der Waals surface area contributed by atoms with Gasteiger partial charge >= 0.3 is 6.18 Å². The third kappa shape index (κ3) is 3.17. The Morgan fingerprint density at radius 3 is 2.83 bits per heavy atom. The zero-order chi connectivity index (χ0) is 18.7. The minimum absolute atomic E-state index is 0.161. The monoisotopic (exact) mass is 338 g/mol. The minimum Gasteiger partial charge on any atom is -0.373 e. The zero-order valence-electron chi connectivity index (χ0n) is 14.7. The molecule has 3 aliphatic rings. The standard InChI is InChI=1S/C15H19F3O5/c1-13(10(23-13)4-6-21-8-15(16,17)18)12-11(20-2)9(19)3-5-14(12)7-22-14/h3,5,10-12H,4,6-8H2,1-2H3/t10-,11-,12-,13-,14+/m1/s1/i3D,11D. The summed E-state index contributed by atoms with van der Waals surface area (Å²) in [6, 6.07) is -0.347. The van der Waals surface area contributed by atoms with E-state index < -0.39 is 47.9 Å². The van der Waals surface area contributed by atoms with E-state index in [0.717, 1.165) is 0 Å². The minimum atomic E-state index is -4.39. The molecule has 2 heterocycles. The van der Waals surface area contributed by atoms with Gasteiger partial charge in [0.2, 0.25) is 0 Å². The first kappa shape index (κ1) is 14.4. The van der Waals surface area contributed by atoms with Crippen LogP contribution >= 0.6 is 0 Å². The number of carbonyl (C=O) groups excluding carboxylic acids is 1. The van der Waals surface area contributed by atoms with E-state index in [1.165, 1.54) is 13.2 Å². The molecular weight excluding hydrogens is 317 g/mol. The van der Waals surface area contributed by atoms with Gasteiger partial charge in [-0.25, -0.2) is 0 Å². The number of ether oxygens (including phenoxy) is 4. The molecule has 0 amide bonds. The molecular formula is C15H19F3O5. The highest BCUT2D eigenvalue weighted by molar-refractivity contribution is 5.95. The predicted octanol–water partition coefficient (Wildman–Crippen LogP) is 1.65. The van der Waals surface area contributed by atoms with Crippen LogP contribution in [-0.4, -0.2) is 62.3 Å². The lowest BCUT2D eigenvalue weighted by atomic mass is 9.72. The summed E-state index contributed by atoms with van der Waals surface area (Å²) in [7, 11) is 1.21. The number of methoxy groups -OCH3 is 1. The van der Waals surface area contributed by atoms with Crippen LogP contribution in [-0.2, 0) is 23.7 Å². The molecule has 1 aliphatic carbocycles. The SMILES string of the molecule is [2H]C1=C[C@]2(CO2)[C@@H]([C@]2(C)O[C@@H]2CCOCC(F)(F)F)[C@]([2H])(OC)C1=O. The normalized spacial score (nSPS) is 47.2. The van der Waals surface area contributed by atoms with Crippen molar-refractivity contribution in [3.63, 3.8) is 0 Å². The van der Waals surface area contributed by atoms with Crippen LogP contribution in [0.2, 0.25) is 0 Å². The second-order valence-corrected chi connectivity index (χ2v) is 6.11. The molecule has 0 bridgehead atoms. The van der Waals surface area contributed by atoms with Gasteiger partial charge in [0.25, 0.3) is 0 Å². The summed E-state index contributed by atoms with van der Waals surface area (Å²) in [5.74, 6) is -1.61. The highest BCUT2D eigenvalue weighted by Gasteiger charge is 2.71. The van der Waals surface area contributed by atoms with Crippen LogP contribution in [0.4, 0.5) is 13.2 Å². The van der Waals surface area contributed by atoms with E-state index in [1.807, 2.05) is 0 Å². The van der Waals surface area contributed by atoms with Crippen molar-refractivity contribution in [3.05, 3.63) is 12.1 Å². The third-order valence-electron chi connectivity index (χ3n) is 4.46. The van der Waals surface area contributed by atoms with Crippen molar-refractivity contribution in [2.24, 2.45) is 5.92 Å². The molecule has 0 aromatic carbocycles. The van der Waals surface area contributed by atoms with Crippen molar-refractivity contribution in [2.45, 2.75) is 42.9 Å². The first-order valence-electron chi connectivity index (χ1n) is 8.24. The molecule has 5 nitrogen and oxygen atoms in total. The van der Waals surface area contributed by atoms with Gasteiger partial charge in [0.1, 0.15) is 23.9 Å². The van der Waals surface area contributed by atoms with Crippen LogP contribution in [0, 0.1) is 5.92 Å². The number of carbonyl (C=O) groups is 1. The largest absolute Gasteiger partial charge is 0.411 e. The van der Waals surface area contributed by atoms with Crippen molar-refractivity contribution in [1.29, 1.82) is 0 Å². The molecule has 2 aliphatic heterocycles. The first-order chi connectivity index (χ1) is 11.5. The Morgan fingerprint density at radius 1 is 1.57 bits per heavy atom. The Labute approximate surface area is 134 Å². The van der Waals surface area contributed by atoms with Crippen LogP contribution in [0.5, 0.6) is 0 Å². The molecule has 0 N–H and O–H groups in total. The lowest BCUT2D eigenvalue weighted by Gasteiger charge is -2.34. The summed E-state index contributed by atoms with van der Waals surface area (Å²) in [6.45, 7) is 0.407. The molecule has 8 heteroatoms. The fourth-order valence-electron chi connectivity index (χ4n) is 3.23. The highest BCUT2D eigenvalue weighted by atomic mass is 19.4. The van der Waals surface area contributed by atoms with E-state index in [2.05, 4.69) is 4.74 Å². The van der Waals surface area contributed by atoms with E-state index in [4.69, 9.17) is 17.0 Å². The van der Waals surface area contributed by atoms with Gasteiger partial charge in [0, 0.05) is 13.7 Å². The predicted molar refractivity (Wildman–Crippen MR) is 71.9 cm³/mol. The first-order valence-corrected chi connectivity index (χ1v) is 7.24. The topological polar surface area (TPSA) is 60.6 Å². The number of ketones is 1. The number of hydrogen-bond donors (Lipinski definition) is 0. The molecule has 0 aromatic heterocycles. The summed E-state index contributed by atoms with van der Waals surface area (Å²) in [5, 5.41) is 0. The zero-order valence-corrected chi connectivity index (χ0v) is 12.7. The number of alkyl halides is 3. The smallest absolute Gasteiger partial charge is 0.373 e. The molecule has 5 atom stereocenters. The van der Waals surface area contributed by atoms with Gasteiger partial charge in [-0.3, -0.25) is 4.79 Å². The van der Waals surface area contributed by atoms with Crippen LogP contribution in [0.15, 0.2) is 12.1 Å². The van der Waals surface area contributed by atoms with Gasteiger partial charge in [0.15, 0.2) is 5.78 Å². The molecule has 23 heavy (non-hydrogen) atoms. The van der Waals surface area contributed by atoms with Crippen molar-refractivity contribution in [1.82, 2.24) is 0 Å². The molecule has 0 unspecified atom stereocenters. The van der Waals surface area contributed by atoms with E-state index in [9.17, 15) is 18.0 Å². The molecule has 1 spiro atoms. The second kappa shape index (κ2) is 5.54. The van der Waals surface area contributed by atoms with E-state index in [-0.39, 0.29) is 25.7 Å². The fraction of sp³-hybridized carbons (Fsp3) is 0.800. The Bertz CT molecular complexity index is 606. The maximum absolute atomic E-state index is 12.3. The van der Waals surface area contributed by atoms with Crippen LogP contribution in [0.1, 0.15) is 16.1 Å². The second-order valence-electron chi connectivity index (χ2n) is 6.11. The van der Waals surface area contributed by atoms with Gasteiger partial charge in [0.05, 0.1) is 21.4 Å². The molecule has 0 saturated carbocycles. The lowest BCUT2D eigenvalue weighted by Crippen LogP contribution is -2.50. The van der Waals surface area contributed by atoms with Gasteiger partial charge in [-0.2, -0.15) is 13.2 Å². The molecule has 2 saturated heterocycles. The van der Waals surface area contributed by atoms with Crippen molar-refractivity contribution < 1.29 is 39.7 Å². The molecule has 3 rings (SSSR count). The van der Waals surface area contributed by atoms with Gasteiger partial charge in [-0.1, -0.05) is 0 Å². The summed E-state index contributed by atoms with van der Waals surface area (Å²) >= 11 is 0. The fourth-order valence-corrected chi connectivity index (χ4v) is 3.23. The number of halogens is 3. The van der Waals surface area contributed by atoms with E-state index in [0.29, 0.717) is 0 Å². The quantitative estimate of drug-likeness (QED) is 0.544. The average Bonchev–Trinajstić information content (AvgIpc) is 3.40. The number of epoxide rings is 2. The summed E-state index contributed by atoms with van der Waals surface area (Å²) < 4.78 is 73.4. The van der Waals surface area contributed by atoms with Crippen molar-refractivity contribution in [2.75, 3.05) is 26.9 Å². The molecule has 2 fully saturated rings. The van der Waals surface area contributed by atoms with E-state index in [1.54, 1.807) is 6.92 Å². The molecule has 130 valence electrons. The van der Waals surface area contributed by atoms with Gasteiger partial charge < -0.3 is 18.9 Å². The summed E-state index contributed by atoms with van der Waals surface area (Å²) in [4.78, 5) is 12.3. The molecule has 0 aromatic rings. The van der Waals surface area contributed by atoms with Crippen LogP contribution in [0.3, 0.4) is 0 Å². The Kier molecular flexibility index (Phi) is 3.47. The Morgan fingerprint density at radius 2 is 2.26 bits per heavy atom. The summed E-state index contributed by atoms with van der Waals surface area (Å²) in [5.41, 5.74) is -1.97. The molecule has 0 radical (unpaired) electrons. The third-order valence-corrected chi connectivity index (χ3v) is 4.46. The van der Waals surface area contributed by atoms with Crippen LogP contribution < -0.4 is 0 Å². The highest BCUT2D eigenvalue weighted by Crippen LogP contribution is 2.56.